The Morgan fingerprint density at radius 3 is 2.91 bits per heavy atom. The van der Waals surface area contributed by atoms with Crippen LogP contribution in [-0.2, 0) is 6.54 Å². The fourth-order valence-corrected chi connectivity index (χ4v) is 2.99. The quantitative estimate of drug-likeness (QED) is 0.579. The van der Waals surface area contributed by atoms with Gasteiger partial charge in [0.2, 0.25) is 0 Å². The predicted octanol–water partition coefficient (Wildman–Crippen LogP) is 2.96. The van der Waals surface area contributed by atoms with Crippen LogP contribution in [0, 0.1) is 17.1 Å². The average Bonchev–Trinajstić information content (AvgIpc) is 3.37. The molecular weight excluding hydrogens is 409 g/mol. The van der Waals surface area contributed by atoms with Crippen LogP contribution >= 0.6 is 0 Å². The highest BCUT2D eigenvalue weighted by Crippen LogP contribution is 2.17. The minimum Gasteiger partial charge on any atom is -0.396 e. The summed E-state index contributed by atoms with van der Waals surface area (Å²) in [6.45, 7) is 0.642. The van der Waals surface area contributed by atoms with Crippen molar-refractivity contribution in [2.24, 2.45) is 10.7 Å². The minimum atomic E-state index is -0.356. The Labute approximate surface area is 183 Å². The van der Waals surface area contributed by atoms with Gasteiger partial charge < -0.3 is 15.6 Å². The van der Waals surface area contributed by atoms with Crippen molar-refractivity contribution in [2.45, 2.75) is 6.54 Å². The third-order valence-electron chi connectivity index (χ3n) is 4.60. The van der Waals surface area contributed by atoms with E-state index in [1.54, 1.807) is 30.3 Å². The number of halogens is 1. The molecular formula is C23H18FN7O. The molecule has 3 N–H and O–H groups in total. The number of rotatable bonds is 6. The predicted molar refractivity (Wildman–Crippen MR) is 117 cm³/mol. The molecule has 0 aliphatic carbocycles. The van der Waals surface area contributed by atoms with E-state index in [2.05, 4.69) is 25.4 Å². The lowest BCUT2D eigenvalue weighted by molar-refractivity contribution is 0.418. The molecule has 0 unspecified atom stereocenters. The number of benzene rings is 1. The van der Waals surface area contributed by atoms with Gasteiger partial charge in [0.15, 0.2) is 5.82 Å². The third-order valence-corrected chi connectivity index (χ3v) is 4.60. The topological polar surface area (TPSA) is 126 Å². The zero-order valence-electron chi connectivity index (χ0n) is 16.9. The summed E-state index contributed by atoms with van der Waals surface area (Å²) in [6, 6.07) is 11.6. The van der Waals surface area contributed by atoms with Crippen molar-refractivity contribution in [3.05, 3.63) is 101 Å². The number of nitrogens with zero attached hydrogens (tertiary/aromatic N) is 5. The maximum atomic E-state index is 14.0. The first-order valence-corrected chi connectivity index (χ1v) is 9.69. The molecule has 1 aliphatic rings. The first-order chi connectivity index (χ1) is 15.6. The molecule has 0 amide bonds. The van der Waals surface area contributed by atoms with Crippen molar-refractivity contribution in [2.75, 3.05) is 6.54 Å². The molecule has 0 bridgehead atoms. The van der Waals surface area contributed by atoms with Crippen molar-refractivity contribution in [3.8, 4) is 6.07 Å². The summed E-state index contributed by atoms with van der Waals surface area (Å²) in [5.74, 6) is -0.178. The Morgan fingerprint density at radius 1 is 1.31 bits per heavy atom. The average molecular weight is 427 g/mol. The molecule has 0 fully saturated rings. The lowest BCUT2D eigenvalue weighted by Crippen LogP contribution is -2.15. The molecule has 0 atom stereocenters. The zero-order chi connectivity index (χ0) is 22.3. The van der Waals surface area contributed by atoms with E-state index in [1.807, 2.05) is 24.4 Å². The molecule has 158 valence electrons. The maximum absolute atomic E-state index is 14.0. The Bertz CT molecular complexity index is 1280. The highest BCUT2D eigenvalue weighted by Gasteiger charge is 2.13. The van der Waals surface area contributed by atoms with Crippen molar-refractivity contribution < 1.29 is 8.91 Å². The molecule has 2 aromatic heterocycles. The smallest absolute Gasteiger partial charge is 0.177 e. The Balaban J connectivity index is 1.72. The molecule has 9 heteroatoms. The zero-order valence-corrected chi connectivity index (χ0v) is 16.9. The van der Waals surface area contributed by atoms with Gasteiger partial charge in [0, 0.05) is 24.2 Å². The van der Waals surface area contributed by atoms with Crippen LogP contribution in [0.1, 0.15) is 28.5 Å². The summed E-state index contributed by atoms with van der Waals surface area (Å²) in [5, 5.41) is 16.4. The summed E-state index contributed by atoms with van der Waals surface area (Å²) >= 11 is 0. The number of allylic oxidation sites excluding steroid dienone is 3. The molecule has 4 rings (SSSR count). The second-order valence-electron chi connectivity index (χ2n) is 6.78. The molecule has 1 aromatic carbocycles. The van der Waals surface area contributed by atoms with Gasteiger partial charge in [-0.25, -0.2) is 14.4 Å². The van der Waals surface area contributed by atoms with Crippen LogP contribution in [0.15, 0.2) is 76.6 Å². The van der Waals surface area contributed by atoms with Gasteiger partial charge in [0.25, 0.3) is 0 Å². The van der Waals surface area contributed by atoms with E-state index in [-0.39, 0.29) is 29.6 Å². The molecule has 3 heterocycles. The van der Waals surface area contributed by atoms with Gasteiger partial charge in [0.1, 0.15) is 29.5 Å². The van der Waals surface area contributed by atoms with Crippen molar-refractivity contribution in [1.29, 1.82) is 5.26 Å². The van der Waals surface area contributed by atoms with E-state index in [0.717, 1.165) is 5.57 Å². The summed E-state index contributed by atoms with van der Waals surface area (Å²) in [6.07, 6.45) is 8.51. The molecule has 0 saturated carbocycles. The van der Waals surface area contributed by atoms with Gasteiger partial charge in [0.05, 0.1) is 23.6 Å². The fourth-order valence-electron chi connectivity index (χ4n) is 2.99. The van der Waals surface area contributed by atoms with Gasteiger partial charge >= 0.3 is 0 Å². The Morgan fingerprint density at radius 2 is 2.19 bits per heavy atom. The number of dihydropyridines is 1. The third kappa shape index (κ3) is 4.76. The summed E-state index contributed by atoms with van der Waals surface area (Å²) in [5.41, 5.74) is 9.35. The molecule has 32 heavy (non-hydrogen) atoms. The van der Waals surface area contributed by atoms with E-state index >= 15 is 0 Å². The number of nitrogens with one attached hydrogen (secondary N) is 1. The normalized spacial score (nSPS) is 13.9. The fraction of sp³-hybridized carbons (Fsp3) is 0.0870. The molecule has 0 spiro atoms. The van der Waals surface area contributed by atoms with E-state index in [0.29, 0.717) is 29.2 Å². The van der Waals surface area contributed by atoms with Crippen LogP contribution in [0.3, 0.4) is 0 Å². The first-order valence-electron chi connectivity index (χ1n) is 9.69. The lowest BCUT2D eigenvalue weighted by atomic mass is 10.1. The standard InChI is InChI=1S/C23H18FN7O/c24-18-6-2-1-4-15(18)14-28-22(20-7-9-32-31-20)11-19(26)23-29-17(12-25)10-21(30-23)16-5-3-8-27-13-16/h1-11,27H,13-14,26H2. The van der Waals surface area contributed by atoms with Crippen LogP contribution in [-0.4, -0.2) is 27.4 Å². The summed E-state index contributed by atoms with van der Waals surface area (Å²) < 4.78 is 18.9. The number of nitriles is 1. The Kier molecular flexibility index (Phi) is 6.13. The monoisotopic (exact) mass is 427 g/mol. The van der Waals surface area contributed by atoms with E-state index < -0.39 is 0 Å². The second-order valence-corrected chi connectivity index (χ2v) is 6.78. The molecule has 0 saturated heterocycles. The van der Waals surface area contributed by atoms with Gasteiger partial charge in [-0.1, -0.05) is 29.4 Å². The maximum Gasteiger partial charge on any atom is 0.177 e. The van der Waals surface area contributed by atoms with E-state index in [1.165, 1.54) is 18.4 Å². The largest absolute Gasteiger partial charge is 0.396 e. The van der Waals surface area contributed by atoms with E-state index in [4.69, 9.17) is 10.3 Å². The van der Waals surface area contributed by atoms with Crippen molar-refractivity contribution >= 4 is 17.0 Å². The van der Waals surface area contributed by atoms with Gasteiger partial charge in [-0.15, -0.1) is 0 Å². The minimum absolute atomic E-state index is 0.0773. The second kappa shape index (κ2) is 9.49. The first kappa shape index (κ1) is 20.7. The van der Waals surface area contributed by atoms with Gasteiger partial charge in [-0.05, 0) is 30.0 Å². The van der Waals surface area contributed by atoms with Crippen molar-refractivity contribution in [1.82, 2.24) is 20.4 Å². The summed E-state index contributed by atoms with van der Waals surface area (Å²) in [4.78, 5) is 13.2. The highest BCUT2D eigenvalue weighted by atomic mass is 19.1. The molecule has 0 radical (unpaired) electrons. The van der Waals surface area contributed by atoms with E-state index in [9.17, 15) is 9.65 Å². The number of aromatic nitrogens is 3. The number of hydrogen-bond donors (Lipinski definition) is 2. The molecule has 3 aromatic rings. The van der Waals surface area contributed by atoms with Crippen LogP contribution in [0.2, 0.25) is 0 Å². The van der Waals surface area contributed by atoms with Crippen molar-refractivity contribution in [3.63, 3.8) is 0 Å². The van der Waals surface area contributed by atoms with Crippen LogP contribution in [0.5, 0.6) is 0 Å². The molecule has 8 nitrogen and oxygen atoms in total. The SMILES string of the molecule is N#Cc1cc(C2=CC=CNC2)nc(C(N)=CC(=NCc2ccccc2F)c2ccon2)n1. The lowest BCUT2D eigenvalue weighted by Gasteiger charge is -2.12. The van der Waals surface area contributed by atoms with Crippen LogP contribution in [0.25, 0.3) is 11.3 Å². The van der Waals surface area contributed by atoms with Crippen LogP contribution < -0.4 is 11.1 Å². The van der Waals surface area contributed by atoms with Gasteiger partial charge in [-0.3, -0.25) is 4.99 Å². The Hall–Kier alpha value is -4.58. The number of hydrogen-bond acceptors (Lipinski definition) is 8. The number of aliphatic imine (C=N–C) groups is 1. The number of nitrogens with two attached hydrogens (primary N) is 1. The molecule has 1 aliphatic heterocycles. The highest BCUT2D eigenvalue weighted by molar-refractivity contribution is 6.10. The van der Waals surface area contributed by atoms with Crippen LogP contribution in [0.4, 0.5) is 4.39 Å². The summed E-state index contributed by atoms with van der Waals surface area (Å²) in [7, 11) is 0. The van der Waals surface area contributed by atoms with Gasteiger partial charge in [-0.2, -0.15) is 5.26 Å².